The zero-order valence-electron chi connectivity index (χ0n) is 24.7. The Kier molecular flexibility index (Phi) is 8.77. The minimum absolute atomic E-state index is 0.146. The van der Waals surface area contributed by atoms with E-state index in [0.717, 1.165) is 29.8 Å². The van der Waals surface area contributed by atoms with Crippen LogP contribution in [0.2, 0.25) is 5.02 Å². The highest BCUT2D eigenvalue weighted by Gasteiger charge is 2.52. The Morgan fingerprint density at radius 1 is 1.12 bits per heavy atom. The van der Waals surface area contributed by atoms with Crippen LogP contribution in [-0.2, 0) is 21.3 Å². The molecule has 2 aliphatic heterocycles. The lowest BCUT2D eigenvalue weighted by atomic mass is 9.83. The van der Waals surface area contributed by atoms with Crippen molar-refractivity contribution in [3.05, 3.63) is 70.4 Å². The van der Waals surface area contributed by atoms with Crippen LogP contribution in [0.3, 0.4) is 0 Å². The fraction of sp³-hybridized carbons (Fsp3) is 0.433. The Labute approximate surface area is 256 Å². The molecule has 1 unspecified atom stereocenters. The van der Waals surface area contributed by atoms with Gasteiger partial charge in [0.25, 0.3) is 10.0 Å². The monoisotopic (exact) mass is 636 g/mol. The van der Waals surface area contributed by atoms with Gasteiger partial charge in [0, 0.05) is 24.8 Å². The molecule has 232 valence electrons. The number of halogens is 3. The second kappa shape index (κ2) is 12.1. The number of rotatable bonds is 10. The van der Waals surface area contributed by atoms with Crippen LogP contribution in [0.15, 0.2) is 47.4 Å². The van der Waals surface area contributed by atoms with Gasteiger partial charge in [0.05, 0.1) is 39.5 Å². The summed E-state index contributed by atoms with van der Waals surface area (Å²) in [6.45, 7) is 3.13. The van der Waals surface area contributed by atoms with Crippen molar-refractivity contribution >= 4 is 33.1 Å². The van der Waals surface area contributed by atoms with Crippen LogP contribution in [0, 0.1) is 18.7 Å². The number of aryl methyl sites for hydroxylation is 1. The Morgan fingerprint density at radius 2 is 1.86 bits per heavy atom. The molecule has 0 N–H and O–H groups in total. The second-order valence-corrected chi connectivity index (χ2v) is 13.1. The Morgan fingerprint density at radius 3 is 2.47 bits per heavy atom. The van der Waals surface area contributed by atoms with E-state index in [1.807, 2.05) is 4.90 Å². The quantitative estimate of drug-likeness (QED) is 0.287. The highest BCUT2D eigenvalue weighted by atomic mass is 35.5. The summed E-state index contributed by atoms with van der Waals surface area (Å²) in [7, 11) is 2.00. The molecule has 2 saturated heterocycles. The number of nitrogens with zero attached hydrogens (tertiary/aromatic N) is 4. The average Bonchev–Trinajstić information content (AvgIpc) is 3.39. The highest BCUT2D eigenvalue weighted by molar-refractivity contribution is 7.92. The molecule has 5 rings (SSSR count). The van der Waals surface area contributed by atoms with Crippen molar-refractivity contribution in [2.24, 2.45) is 0 Å². The van der Waals surface area contributed by atoms with Gasteiger partial charge in [0.1, 0.15) is 32.8 Å². The summed E-state index contributed by atoms with van der Waals surface area (Å²) in [6, 6.07) is 10.4. The molecule has 2 fully saturated rings. The van der Waals surface area contributed by atoms with Crippen LogP contribution in [0.1, 0.15) is 24.0 Å². The lowest BCUT2D eigenvalue weighted by Gasteiger charge is -2.54. The number of likely N-dealkylation sites (N-methyl/N-ethyl adjacent to an activating group) is 1. The molecule has 0 radical (unpaired) electrons. The van der Waals surface area contributed by atoms with Crippen molar-refractivity contribution < 1.29 is 31.4 Å². The van der Waals surface area contributed by atoms with Crippen molar-refractivity contribution in [3.8, 4) is 11.5 Å². The number of anilines is 2. The highest BCUT2D eigenvalue weighted by Crippen LogP contribution is 2.44. The fourth-order valence-electron chi connectivity index (χ4n) is 6.16. The van der Waals surface area contributed by atoms with Crippen LogP contribution in [-0.4, -0.2) is 78.0 Å². The molecule has 1 atom stereocenters. The number of methoxy groups -OCH3 is 3. The van der Waals surface area contributed by atoms with E-state index in [1.54, 1.807) is 31.4 Å². The van der Waals surface area contributed by atoms with Crippen LogP contribution in [0.5, 0.6) is 11.5 Å². The van der Waals surface area contributed by atoms with E-state index in [4.69, 9.17) is 25.8 Å². The Bertz CT molecular complexity index is 1620. The summed E-state index contributed by atoms with van der Waals surface area (Å²) < 4.78 is 76.4. The van der Waals surface area contributed by atoms with Gasteiger partial charge in [-0.15, -0.1) is 0 Å². The molecule has 1 aromatic heterocycles. The standard InChI is InChI=1S/C30H35ClF2N4O5S/c1-19-14-22(36-17-30(18-36,42-5)24-8-7-13-35(24)2)27(31)28(33)29(19)43(38,39)37(26-10-6-9-25(32)34-26)16-20-11-12-21(40-3)15-23(20)41-4/h6,9-12,14-15,24H,7-8,13,16-18H2,1-5H3. The zero-order chi connectivity index (χ0) is 31.1. The van der Waals surface area contributed by atoms with Gasteiger partial charge in [-0.1, -0.05) is 17.7 Å². The van der Waals surface area contributed by atoms with Crippen LogP contribution in [0.4, 0.5) is 20.3 Å². The molecule has 0 aliphatic carbocycles. The molecule has 0 amide bonds. The minimum Gasteiger partial charge on any atom is -0.497 e. The van der Waals surface area contributed by atoms with Crippen molar-refractivity contribution in [2.45, 2.75) is 42.8 Å². The molecule has 2 aliphatic rings. The summed E-state index contributed by atoms with van der Waals surface area (Å²) in [5.74, 6) is -1.39. The van der Waals surface area contributed by atoms with Gasteiger partial charge < -0.3 is 24.0 Å². The maximum absolute atomic E-state index is 16.2. The zero-order valence-corrected chi connectivity index (χ0v) is 26.3. The Balaban J connectivity index is 1.53. The first-order chi connectivity index (χ1) is 20.4. The van der Waals surface area contributed by atoms with Crippen LogP contribution >= 0.6 is 11.6 Å². The maximum Gasteiger partial charge on any atom is 0.269 e. The lowest BCUT2D eigenvalue weighted by molar-refractivity contribution is -0.0818. The number of aromatic nitrogens is 1. The number of hydrogen-bond donors (Lipinski definition) is 0. The molecule has 9 nitrogen and oxygen atoms in total. The molecule has 0 spiro atoms. The summed E-state index contributed by atoms with van der Waals surface area (Å²) in [5, 5.41) is -0.317. The largest absolute Gasteiger partial charge is 0.497 e. The van der Waals surface area contributed by atoms with E-state index in [1.165, 1.54) is 33.3 Å². The molecule has 3 heterocycles. The molecule has 43 heavy (non-hydrogen) atoms. The third kappa shape index (κ3) is 5.61. The molecule has 0 saturated carbocycles. The predicted molar refractivity (Wildman–Crippen MR) is 161 cm³/mol. The topological polar surface area (TPSA) is 84.4 Å². The van der Waals surface area contributed by atoms with E-state index in [2.05, 4.69) is 16.9 Å². The number of likely N-dealkylation sites (tertiary alicyclic amines) is 1. The van der Waals surface area contributed by atoms with E-state index in [-0.39, 0.29) is 29.0 Å². The number of sulfonamides is 1. The number of pyridine rings is 1. The molecular formula is C30H35ClF2N4O5S. The van der Waals surface area contributed by atoms with E-state index in [9.17, 15) is 12.8 Å². The van der Waals surface area contributed by atoms with Gasteiger partial charge in [-0.2, -0.15) is 4.39 Å². The van der Waals surface area contributed by atoms with E-state index >= 15 is 4.39 Å². The second-order valence-electron chi connectivity index (χ2n) is 10.9. The van der Waals surface area contributed by atoms with Gasteiger partial charge in [0.15, 0.2) is 5.82 Å². The first-order valence-electron chi connectivity index (χ1n) is 13.8. The number of ether oxygens (including phenoxy) is 3. The third-order valence-corrected chi connectivity index (χ3v) is 10.7. The van der Waals surface area contributed by atoms with Gasteiger partial charge in [-0.25, -0.2) is 22.1 Å². The van der Waals surface area contributed by atoms with Gasteiger partial charge in [0.2, 0.25) is 5.95 Å². The summed E-state index contributed by atoms with van der Waals surface area (Å²) in [4.78, 5) is 7.36. The molecule has 0 bridgehead atoms. The van der Waals surface area contributed by atoms with Crippen molar-refractivity contribution in [1.29, 1.82) is 0 Å². The SMILES string of the molecule is COc1ccc(CN(c2cccc(F)n2)S(=O)(=O)c2c(C)cc(N3CC(OC)(C4CCCN4C)C3)c(Cl)c2F)c(OC)c1. The lowest BCUT2D eigenvalue weighted by Crippen LogP contribution is -2.70. The first kappa shape index (κ1) is 31.2. The van der Waals surface area contributed by atoms with Gasteiger partial charge in [-0.3, -0.25) is 0 Å². The number of benzene rings is 2. The molecular weight excluding hydrogens is 602 g/mol. The van der Waals surface area contributed by atoms with Crippen LogP contribution < -0.4 is 18.7 Å². The smallest absolute Gasteiger partial charge is 0.269 e. The van der Waals surface area contributed by atoms with Crippen molar-refractivity contribution in [2.75, 3.05) is 57.2 Å². The molecule has 3 aromatic rings. The number of hydrogen-bond acceptors (Lipinski definition) is 8. The third-order valence-electron chi connectivity index (χ3n) is 8.43. The van der Waals surface area contributed by atoms with E-state index in [0.29, 0.717) is 35.8 Å². The van der Waals surface area contributed by atoms with Crippen molar-refractivity contribution in [3.63, 3.8) is 0 Å². The first-order valence-corrected chi connectivity index (χ1v) is 15.6. The maximum atomic E-state index is 16.2. The normalized spacial score (nSPS) is 18.4. The van der Waals surface area contributed by atoms with Crippen molar-refractivity contribution in [1.82, 2.24) is 9.88 Å². The van der Waals surface area contributed by atoms with Gasteiger partial charge in [-0.05, 0) is 69.3 Å². The predicted octanol–water partition coefficient (Wildman–Crippen LogP) is 5.03. The average molecular weight is 637 g/mol. The summed E-state index contributed by atoms with van der Waals surface area (Å²) >= 11 is 6.57. The summed E-state index contributed by atoms with van der Waals surface area (Å²) in [6.07, 6.45) is 2.08. The van der Waals surface area contributed by atoms with E-state index < -0.39 is 32.3 Å². The molecule has 13 heteroatoms. The Hall–Kier alpha value is -3.19. The minimum atomic E-state index is -4.66. The summed E-state index contributed by atoms with van der Waals surface area (Å²) in [5.41, 5.74) is 0.525. The molecule has 2 aromatic carbocycles. The van der Waals surface area contributed by atoms with Gasteiger partial charge >= 0.3 is 0 Å². The fourth-order valence-corrected chi connectivity index (χ4v) is 8.16. The van der Waals surface area contributed by atoms with Crippen LogP contribution in [0.25, 0.3) is 0 Å².